The number of ether oxygens (including phenoxy) is 2. The number of methoxy groups -OCH3 is 2. The molecule has 150 valence electrons. The summed E-state index contributed by atoms with van der Waals surface area (Å²) in [7, 11) is 2.92. The van der Waals surface area contributed by atoms with Gasteiger partial charge < -0.3 is 25.4 Å². The summed E-state index contributed by atoms with van der Waals surface area (Å²) in [5, 5.41) is 7.25. The second-order valence-corrected chi connectivity index (χ2v) is 5.50. The summed E-state index contributed by atoms with van der Waals surface area (Å²) < 4.78 is 47.7. The lowest BCUT2D eigenvalue weighted by molar-refractivity contribution is -0.137. The summed E-state index contributed by atoms with van der Waals surface area (Å²) in [5.74, 6) is 0.305. The first-order valence-electron chi connectivity index (χ1n) is 7.97. The van der Waals surface area contributed by atoms with E-state index in [0.717, 1.165) is 24.3 Å². The number of benzene rings is 2. The van der Waals surface area contributed by atoms with Gasteiger partial charge in [-0.05, 0) is 36.4 Å². The molecule has 0 saturated heterocycles. The lowest BCUT2D eigenvalue weighted by Crippen LogP contribution is -2.35. The molecule has 0 spiro atoms. The highest BCUT2D eigenvalue weighted by Gasteiger charge is 2.29. The number of urea groups is 1. The zero-order valence-corrected chi connectivity index (χ0v) is 15.0. The molecule has 0 aliphatic rings. The SMILES string of the molecule is COc1ccc(NC(=O)NCC(=O)Nc2ccc(C(F)(F)F)cc2)c(OC)c1. The van der Waals surface area contributed by atoms with E-state index in [0.29, 0.717) is 17.2 Å². The zero-order valence-electron chi connectivity index (χ0n) is 15.0. The number of carbonyl (C=O) groups is 2. The van der Waals surface area contributed by atoms with Crippen LogP contribution in [0.2, 0.25) is 0 Å². The number of hydrogen-bond donors (Lipinski definition) is 3. The number of amides is 3. The molecule has 3 amide bonds. The third-order valence-corrected chi connectivity index (χ3v) is 3.56. The number of halogens is 3. The van der Waals surface area contributed by atoms with Gasteiger partial charge in [-0.1, -0.05) is 0 Å². The molecule has 0 aromatic heterocycles. The maximum absolute atomic E-state index is 12.5. The van der Waals surface area contributed by atoms with Crippen molar-refractivity contribution in [3.8, 4) is 11.5 Å². The Hall–Kier alpha value is -3.43. The van der Waals surface area contributed by atoms with Crippen molar-refractivity contribution in [1.29, 1.82) is 0 Å². The van der Waals surface area contributed by atoms with Crippen molar-refractivity contribution < 1.29 is 32.2 Å². The Balaban J connectivity index is 1.86. The lowest BCUT2D eigenvalue weighted by Gasteiger charge is -2.12. The first-order chi connectivity index (χ1) is 13.2. The van der Waals surface area contributed by atoms with Crippen LogP contribution in [0.5, 0.6) is 11.5 Å². The fraction of sp³-hybridized carbons (Fsp3) is 0.222. The average Bonchev–Trinajstić information content (AvgIpc) is 2.66. The van der Waals surface area contributed by atoms with Gasteiger partial charge in [-0.15, -0.1) is 0 Å². The Morgan fingerprint density at radius 1 is 0.964 bits per heavy atom. The van der Waals surface area contributed by atoms with Gasteiger partial charge in [-0.25, -0.2) is 4.79 Å². The fourth-order valence-corrected chi connectivity index (χ4v) is 2.18. The Kier molecular flexibility index (Phi) is 6.69. The lowest BCUT2D eigenvalue weighted by atomic mass is 10.2. The summed E-state index contributed by atoms with van der Waals surface area (Å²) in [6, 6.07) is 8.07. The molecular weight excluding hydrogens is 379 g/mol. The highest BCUT2D eigenvalue weighted by molar-refractivity contribution is 5.97. The molecule has 0 radical (unpaired) electrons. The highest BCUT2D eigenvalue weighted by Crippen LogP contribution is 2.30. The van der Waals surface area contributed by atoms with Crippen LogP contribution in [0, 0.1) is 0 Å². The topological polar surface area (TPSA) is 88.7 Å². The molecule has 0 saturated carbocycles. The number of alkyl halides is 3. The Morgan fingerprint density at radius 2 is 1.64 bits per heavy atom. The molecule has 2 aromatic carbocycles. The van der Waals surface area contributed by atoms with Gasteiger partial charge in [0.1, 0.15) is 11.5 Å². The van der Waals surface area contributed by atoms with Crippen LogP contribution in [-0.4, -0.2) is 32.7 Å². The molecule has 0 aliphatic carbocycles. The zero-order chi connectivity index (χ0) is 20.7. The predicted octanol–water partition coefficient (Wildman–Crippen LogP) is 3.48. The minimum absolute atomic E-state index is 0.178. The van der Waals surface area contributed by atoms with Crippen molar-refractivity contribution in [3.05, 3.63) is 48.0 Å². The summed E-state index contributed by atoms with van der Waals surface area (Å²) in [5.41, 5.74) is -0.280. The van der Waals surface area contributed by atoms with E-state index in [1.54, 1.807) is 18.2 Å². The second-order valence-electron chi connectivity index (χ2n) is 5.50. The van der Waals surface area contributed by atoms with Crippen molar-refractivity contribution >= 4 is 23.3 Å². The van der Waals surface area contributed by atoms with Crippen molar-refractivity contribution in [2.75, 3.05) is 31.4 Å². The molecule has 0 heterocycles. The van der Waals surface area contributed by atoms with E-state index < -0.39 is 23.7 Å². The molecule has 0 bridgehead atoms. The van der Waals surface area contributed by atoms with Crippen molar-refractivity contribution in [2.45, 2.75) is 6.18 Å². The van der Waals surface area contributed by atoms with Gasteiger partial charge >= 0.3 is 12.2 Å². The Morgan fingerprint density at radius 3 is 2.21 bits per heavy atom. The van der Waals surface area contributed by atoms with E-state index in [9.17, 15) is 22.8 Å². The summed E-state index contributed by atoms with van der Waals surface area (Å²) >= 11 is 0. The normalized spacial score (nSPS) is 10.8. The standard InChI is InChI=1S/C18H18F3N3O4/c1-27-13-7-8-14(15(9-13)28-2)24-17(26)22-10-16(25)23-12-5-3-11(4-6-12)18(19,20)21/h3-9H,10H2,1-2H3,(H,23,25)(H2,22,24,26). The minimum atomic E-state index is -4.45. The molecule has 3 N–H and O–H groups in total. The Labute approximate surface area is 158 Å². The van der Waals surface area contributed by atoms with E-state index in [-0.39, 0.29) is 12.2 Å². The molecule has 0 unspecified atom stereocenters. The van der Waals surface area contributed by atoms with Crippen LogP contribution in [0.4, 0.5) is 29.3 Å². The van der Waals surface area contributed by atoms with Crippen LogP contribution in [0.15, 0.2) is 42.5 Å². The van der Waals surface area contributed by atoms with Crippen molar-refractivity contribution in [1.82, 2.24) is 5.32 Å². The molecular formula is C18H18F3N3O4. The third kappa shape index (κ3) is 5.79. The van der Waals surface area contributed by atoms with Crippen molar-refractivity contribution in [3.63, 3.8) is 0 Å². The number of nitrogens with one attached hydrogen (secondary N) is 3. The van der Waals surface area contributed by atoms with Crippen LogP contribution in [0.25, 0.3) is 0 Å². The smallest absolute Gasteiger partial charge is 0.416 e. The van der Waals surface area contributed by atoms with Crippen LogP contribution in [-0.2, 0) is 11.0 Å². The van der Waals surface area contributed by atoms with E-state index >= 15 is 0 Å². The minimum Gasteiger partial charge on any atom is -0.497 e. The molecule has 0 atom stereocenters. The maximum atomic E-state index is 12.5. The van der Waals surface area contributed by atoms with E-state index in [4.69, 9.17) is 9.47 Å². The highest BCUT2D eigenvalue weighted by atomic mass is 19.4. The predicted molar refractivity (Wildman–Crippen MR) is 96.6 cm³/mol. The fourth-order valence-electron chi connectivity index (χ4n) is 2.18. The Bertz CT molecular complexity index is 839. The molecule has 0 aliphatic heterocycles. The van der Waals surface area contributed by atoms with Gasteiger partial charge in [0.25, 0.3) is 0 Å². The molecule has 28 heavy (non-hydrogen) atoms. The van der Waals surface area contributed by atoms with Gasteiger partial charge in [-0.2, -0.15) is 13.2 Å². The van der Waals surface area contributed by atoms with Gasteiger partial charge in [0, 0.05) is 11.8 Å². The molecule has 2 rings (SSSR count). The second kappa shape index (κ2) is 8.98. The number of carbonyl (C=O) groups excluding carboxylic acids is 2. The van der Waals surface area contributed by atoms with Gasteiger partial charge in [0.15, 0.2) is 0 Å². The quantitative estimate of drug-likeness (QED) is 0.696. The van der Waals surface area contributed by atoms with Gasteiger partial charge in [0.05, 0.1) is 32.0 Å². The summed E-state index contributed by atoms with van der Waals surface area (Å²) in [6.45, 7) is -0.384. The van der Waals surface area contributed by atoms with E-state index in [2.05, 4.69) is 16.0 Å². The van der Waals surface area contributed by atoms with Crippen LogP contribution < -0.4 is 25.4 Å². The number of rotatable bonds is 6. The van der Waals surface area contributed by atoms with E-state index in [1.807, 2.05) is 0 Å². The number of hydrogen-bond acceptors (Lipinski definition) is 4. The first-order valence-corrected chi connectivity index (χ1v) is 7.97. The van der Waals surface area contributed by atoms with Crippen LogP contribution in [0.1, 0.15) is 5.56 Å². The largest absolute Gasteiger partial charge is 0.497 e. The molecule has 10 heteroatoms. The summed E-state index contributed by atoms with van der Waals surface area (Å²) in [6.07, 6.45) is -4.45. The first kappa shape index (κ1) is 20.9. The van der Waals surface area contributed by atoms with Crippen LogP contribution in [0.3, 0.4) is 0 Å². The van der Waals surface area contributed by atoms with E-state index in [1.165, 1.54) is 14.2 Å². The summed E-state index contributed by atoms with van der Waals surface area (Å²) in [4.78, 5) is 23.8. The molecule has 0 fully saturated rings. The monoisotopic (exact) mass is 397 g/mol. The average molecular weight is 397 g/mol. The van der Waals surface area contributed by atoms with Gasteiger partial charge in [0.2, 0.25) is 5.91 Å². The molecule has 2 aromatic rings. The van der Waals surface area contributed by atoms with Crippen LogP contribution >= 0.6 is 0 Å². The maximum Gasteiger partial charge on any atom is 0.416 e. The number of anilines is 2. The third-order valence-electron chi connectivity index (χ3n) is 3.56. The van der Waals surface area contributed by atoms with Crippen molar-refractivity contribution in [2.24, 2.45) is 0 Å². The molecule has 7 nitrogen and oxygen atoms in total. The van der Waals surface area contributed by atoms with Gasteiger partial charge in [-0.3, -0.25) is 4.79 Å².